The second-order valence-electron chi connectivity index (χ2n) is 6.05. The Hall–Kier alpha value is -2.16. The Morgan fingerprint density at radius 3 is 2.64 bits per heavy atom. The molecule has 28 heavy (non-hydrogen) atoms. The van der Waals surface area contributed by atoms with Gasteiger partial charge in [-0.15, -0.1) is 0 Å². The molecule has 144 valence electrons. The highest BCUT2D eigenvalue weighted by atomic mass is 79.9. The van der Waals surface area contributed by atoms with Gasteiger partial charge in [-0.2, -0.15) is 0 Å². The van der Waals surface area contributed by atoms with Crippen molar-refractivity contribution in [1.29, 1.82) is 0 Å². The number of phenols is 1. The summed E-state index contributed by atoms with van der Waals surface area (Å²) in [5.41, 5.74) is 1.29. The van der Waals surface area contributed by atoms with Gasteiger partial charge >= 0.3 is 0 Å². The third-order valence-electron chi connectivity index (χ3n) is 4.01. The monoisotopic (exact) mass is 476 g/mol. The summed E-state index contributed by atoms with van der Waals surface area (Å²) in [6.07, 6.45) is 2.51. The van der Waals surface area contributed by atoms with Crippen molar-refractivity contribution in [2.24, 2.45) is 0 Å². The van der Waals surface area contributed by atoms with E-state index < -0.39 is 0 Å². The van der Waals surface area contributed by atoms with Crippen molar-refractivity contribution in [3.63, 3.8) is 0 Å². The molecule has 2 amide bonds. The number of anilines is 1. The summed E-state index contributed by atoms with van der Waals surface area (Å²) in [4.78, 5) is 26.8. The second kappa shape index (κ2) is 9.36. The standard InChI is InChI=1S/C20H17BrN2O3S2/c21-14-9-7-13(8-10-14)12-17-19(26)23(20(27)28-17)11-3-6-18(25)22-15-4-1-2-5-16(15)24/h1-2,4-5,7-10,12,24H,3,6,11H2,(H,22,25)/b17-12-. The Morgan fingerprint density at radius 2 is 1.93 bits per heavy atom. The van der Waals surface area contributed by atoms with Crippen LogP contribution in [0.15, 0.2) is 57.9 Å². The van der Waals surface area contributed by atoms with Crippen molar-refractivity contribution in [2.75, 3.05) is 11.9 Å². The van der Waals surface area contributed by atoms with Crippen LogP contribution in [0.4, 0.5) is 5.69 Å². The largest absolute Gasteiger partial charge is 0.506 e. The van der Waals surface area contributed by atoms with Crippen LogP contribution in [0, 0.1) is 0 Å². The summed E-state index contributed by atoms with van der Waals surface area (Å²) in [5, 5.41) is 12.4. The van der Waals surface area contributed by atoms with E-state index in [1.807, 2.05) is 30.3 Å². The van der Waals surface area contributed by atoms with E-state index >= 15 is 0 Å². The van der Waals surface area contributed by atoms with E-state index in [4.69, 9.17) is 12.2 Å². The number of thioether (sulfide) groups is 1. The lowest BCUT2D eigenvalue weighted by Crippen LogP contribution is -2.29. The van der Waals surface area contributed by atoms with Gasteiger partial charge in [-0.25, -0.2) is 0 Å². The Balaban J connectivity index is 1.54. The number of hydrogen-bond acceptors (Lipinski definition) is 5. The fraction of sp³-hybridized carbons (Fsp3) is 0.150. The molecule has 0 spiro atoms. The fourth-order valence-corrected chi connectivity index (χ4v) is 4.17. The number of aromatic hydroxyl groups is 1. The summed E-state index contributed by atoms with van der Waals surface area (Å²) in [6.45, 7) is 0.372. The molecule has 1 aliphatic rings. The third-order valence-corrected chi connectivity index (χ3v) is 5.91. The second-order valence-corrected chi connectivity index (χ2v) is 8.65. The minimum absolute atomic E-state index is 0.0193. The summed E-state index contributed by atoms with van der Waals surface area (Å²) in [5.74, 6) is -0.345. The van der Waals surface area contributed by atoms with Gasteiger partial charge < -0.3 is 10.4 Å². The maximum absolute atomic E-state index is 12.6. The highest BCUT2D eigenvalue weighted by Crippen LogP contribution is 2.33. The van der Waals surface area contributed by atoms with Crippen molar-refractivity contribution in [3.05, 3.63) is 63.5 Å². The highest BCUT2D eigenvalue weighted by Gasteiger charge is 2.31. The molecule has 0 bridgehead atoms. The summed E-state index contributed by atoms with van der Waals surface area (Å²) in [6, 6.07) is 14.2. The molecule has 0 unspecified atom stereocenters. The minimum Gasteiger partial charge on any atom is -0.506 e. The summed E-state index contributed by atoms with van der Waals surface area (Å²) >= 11 is 9.97. The van der Waals surface area contributed by atoms with Gasteiger partial charge in [-0.1, -0.05) is 64.2 Å². The van der Waals surface area contributed by atoms with Crippen LogP contribution in [0.25, 0.3) is 6.08 Å². The van der Waals surface area contributed by atoms with E-state index in [2.05, 4.69) is 21.2 Å². The van der Waals surface area contributed by atoms with Gasteiger partial charge in [-0.3, -0.25) is 14.5 Å². The number of nitrogens with one attached hydrogen (secondary N) is 1. The number of nitrogens with zero attached hydrogens (tertiary/aromatic N) is 1. The quantitative estimate of drug-likeness (QED) is 0.356. The molecule has 8 heteroatoms. The molecule has 0 aliphatic carbocycles. The lowest BCUT2D eigenvalue weighted by atomic mass is 10.2. The van der Waals surface area contributed by atoms with Gasteiger partial charge in [0.1, 0.15) is 10.1 Å². The zero-order valence-electron chi connectivity index (χ0n) is 14.7. The van der Waals surface area contributed by atoms with Crippen molar-refractivity contribution >= 4 is 67.8 Å². The fourth-order valence-electron chi connectivity index (χ4n) is 2.59. The van der Waals surface area contributed by atoms with Crippen LogP contribution in [-0.4, -0.2) is 32.7 Å². The molecule has 5 nitrogen and oxygen atoms in total. The van der Waals surface area contributed by atoms with Gasteiger partial charge in [0.05, 0.1) is 10.6 Å². The normalized spacial score (nSPS) is 15.3. The first-order valence-electron chi connectivity index (χ1n) is 8.53. The van der Waals surface area contributed by atoms with Gasteiger partial charge in [0, 0.05) is 17.4 Å². The molecule has 0 saturated carbocycles. The minimum atomic E-state index is -0.225. The molecule has 0 radical (unpaired) electrons. The van der Waals surface area contributed by atoms with Gasteiger partial charge in [0.15, 0.2) is 0 Å². The van der Waals surface area contributed by atoms with Crippen LogP contribution in [-0.2, 0) is 9.59 Å². The molecule has 0 atom stereocenters. The van der Waals surface area contributed by atoms with Crippen LogP contribution in [0.3, 0.4) is 0 Å². The molecule has 1 saturated heterocycles. The van der Waals surface area contributed by atoms with E-state index in [0.717, 1.165) is 10.0 Å². The number of halogens is 1. The van der Waals surface area contributed by atoms with Crippen LogP contribution < -0.4 is 5.32 Å². The number of hydrogen-bond donors (Lipinski definition) is 2. The zero-order valence-corrected chi connectivity index (χ0v) is 17.9. The maximum Gasteiger partial charge on any atom is 0.266 e. The van der Waals surface area contributed by atoms with Crippen molar-refractivity contribution < 1.29 is 14.7 Å². The number of thiocarbonyl (C=S) groups is 1. The maximum atomic E-state index is 12.6. The number of rotatable bonds is 6. The molecule has 2 aromatic carbocycles. The summed E-state index contributed by atoms with van der Waals surface area (Å²) < 4.78 is 1.47. The molecular formula is C20H17BrN2O3S2. The van der Waals surface area contributed by atoms with E-state index in [1.54, 1.807) is 18.2 Å². The van der Waals surface area contributed by atoms with E-state index in [-0.39, 0.29) is 24.0 Å². The predicted molar refractivity (Wildman–Crippen MR) is 120 cm³/mol. The number of carbonyl (C=O) groups is 2. The molecule has 2 aromatic rings. The summed E-state index contributed by atoms with van der Waals surface area (Å²) in [7, 11) is 0. The molecular weight excluding hydrogens is 460 g/mol. The molecule has 2 N–H and O–H groups in total. The molecule has 1 heterocycles. The van der Waals surface area contributed by atoms with Crippen LogP contribution in [0.5, 0.6) is 5.75 Å². The lowest BCUT2D eigenvalue weighted by molar-refractivity contribution is -0.122. The van der Waals surface area contributed by atoms with Crippen LogP contribution in [0.2, 0.25) is 0 Å². The average Bonchev–Trinajstić information content (AvgIpc) is 2.93. The number of para-hydroxylation sites is 2. The average molecular weight is 477 g/mol. The Kier molecular flexibility index (Phi) is 6.88. The Labute approximate surface area is 180 Å². The van der Waals surface area contributed by atoms with E-state index in [1.165, 1.54) is 22.7 Å². The molecule has 1 fully saturated rings. The van der Waals surface area contributed by atoms with Crippen molar-refractivity contribution in [2.45, 2.75) is 12.8 Å². The number of benzene rings is 2. The SMILES string of the molecule is O=C(CCCN1C(=O)/C(=C/c2ccc(Br)cc2)SC1=S)Nc1ccccc1O. The van der Waals surface area contributed by atoms with Gasteiger partial charge in [0.2, 0.25) is 5.91 Å². The Morgan fingerprint density at radius 1 is 1.21 bits per heavy atom. The number of phenolic OH excluding ortho intramolecular Hbond substituents is 1. The van der Waals surface area contributed by atoms with E-state index in [0.29, 0.717) is 27.9 Å². The van der Waals surface area contributed by atoms with E-state index in [9.17, 15) is 14.7 Å². The van der Waals surface area contributed by atoms with Gasteiger partial charge in [0.25, 0.3) is 5.91 Å². The first-order chi connectivity index (χ1) is 13.4. The number of amides is 2. The van der Waals surface area contributed by atoms with Crippen LogP contribution in [0.1, 0.15) is 18.4 Å². The van der Waals surface area contributed by atoms with Crippen LogP contribution >= 0.6 is 39.9 Å². The smallest absolute Gasteiger partial charge is 0.266 e. The predicted octanol–water partition coefficient (Wildman–Crippen LogP) is 4.77. The topological polar surface area (TPSA) is 69.6 Å². The Bertz CT molecular complexity index is 945. The first kappa shape index (κ1) is 20.6. The molecule has 1 aliphatic heterocycles. The van der Waals surface area contributed by atoms with Crippen molar-refractivity contribution in [3.8, 4) is 5.75 Å². The van der Waals surface area contributed by atoms with Crippen molar-refractivity contribution in [1.82, 2.24) is 4.90 Å². The lowest BCUT2D eigenvalue weighted by Gasteiger charge is -2.14. The molecule has 3 rings (SSSR count). The first-order valence-corrected chi connectivity index (χ1v) is 10.5. The molecule has 0 aromatic heterocycles. The zero-order chi connectivity index (χ0) is 20.1. The van der Waals surface area contributed by atoms with Gasteiger partial charge in [-0.05, 0) is 42.3 Å². The third kappa shape index (κ3) is 5.21. The highest BCUT2D eigenvalue weighted by molar-refractivity contribution is 9.10. The number of carbonyl (C=O) groups excluding carboxylic acids is 2.